The minimum absolute atomic E-state index is 0.0414. The zero-order chi connectivity index (χ0) is 13.6. The molecule has 0 aliphatic rings. The molecule has 3 N–H and O–H groups in total. The van der Waals surface area contributed by atoms with Crippen LogP contribution in [0.3, 0.4) is 0 Å². The first-order valence-corrected chi connectivity index (χ1v) is 6.10. The van der Waals surface area contributed by atoms with Gasteiger partial charge in [-0.25, -0.2) is 0 Å². The zero-order valence-electron chi connectivity index (χ0n) is 11.3. The highest BCUT2D eigenvalue weighted by Gasteiger charge is 2.18. The molecule has 0 saturated carbocycles. The smallest absolute Gasteiger partial charge is 0.128 e. The number of phenols is 1. The molecule has 0 aliphatic heterocycles. The van der Waals surface area contributed by atoms with E-state index in [0.717, 1.165) is 11.1 Å². The molecule has 1 aromatic rings. The largest absolute Gasteiger partial charge is 0.507 e. The lowest BCUT2D eigenvalue weighted by molar-refractivity contribution is 0.263. The van der Waals surface area contributed by atoms with Gasteiger partial charge < -0.3 is 10.2 Å². The molecular formula is C14H22N2O2. The maximum atomic E-state index is 10.2. The first kappa shape index (κ1) is 14.7. The Kier molecular flexibility index (Phi) is 5.31. The lowest BCUT2D eigenvalue weighted by Crippen LogP contribution is -2.18. The number of hydrogen-bond acceptors (Lipinski definition) is 4. The third-order valence-electron chi connectivity index (χ3n) is 2.64. The lowest BCUT2D eigenvalue weighted by Gasteiger charge is -2.21. The Labute approximate surface area is 108 Å². The van der Waals surface area contributed by atoms with Crippen LogP contribution in [0.4, 0.5) is 0 Å². The summed E-state index contributed by atoms with van der Waals surface area (Å²) in [5, 5.41) is 21.5. The maximum absolute atomic E-state index is 10.2. The van der Waals surface area contributed by atoms with Crippen molar-refractivity contribution in [3.05, 3.63) is 29.3 Å². The number of nitrogens with zero attached hydrogens (tertiary/aromatic N) is 1. The third-order valence-corrected chi connectivity index (χ3v) is 2.64. The highest BCUT2D eigenvalue weighted by atomic mass is 16.3. The summed E-state index contributed by atoms with van der Waals surface area (Å²) in [5.41, 5.74) is 1.55. The summed E-state index contributed by atoms with van der Waals surface area (Å²) in [4.78, 5) is 4.20. The molecule has 0 aromatic heterocycles. The summed E-state index contributed by atoms with van der Waals surface area (Å²) in [7, 11) is 0. The van der Waals surface area contributed by atoms with E-state index in [0.29, 0.717) is 18.8 Å². The maximum Gasteiger partial charge on any atom is 0.128 e. The van der Waals surface area contributed by atoms with Gasteiger partial charge in [0.25, 0.3) is 0 Å². The number of hydrogen-bond donors (Lipinski definition) is 3. The molecule has 0 bridgehead atoms. The Balaban J connectivity index is 2.78. The molecule has 0 atom stereocenters. The first-order valence-electron chi connectivity index (χ1n) is 6.10. The number of aliphatic imine (C=N–C) groups is 1. The highest BCUT2D eigenvalue weighted by Crippen LogP contribution is 2.32. The van der Waals surface area contributed by atoms with E-state index in [4.69, 9.17) is 5.11 Å². The molecule has 18 heavy (non-hydrogen) atoms. The number of rotatable bonds is 5. The van der Waals surface area contributed by atoms with Crippen molar-refractivity contribution in [2.45, 2.75) is 26.2 Å². The monoisotopic (exact) mass is 250 g/mol. The molecule has 0 spiro atoms. The SMILES string of the molecule is CC(C)(C)c1cccc(C=NCCNCO)c1O. The van der Waals surface area contributed by atoms with E-state index in [-0.39, 0.29) is 12.1 Å². The van der Waals surface area contributed by atoms with E-state index in [9.17, 15) is 5.11 Å². The number of aliphatic hydroxyl groups excluding tert-OH is 1. The molecule has 1 aromatic carbocycles. The predicted octanol–water partition coefficient (Wildman–Crippen LogP) is 1.65. The third kappa shape index (κ3) is 4.13. The molecular weight excluding hydrogens is 228 g/mol. The fourth-order valence-electron chi connectivity index (χ4n) is 1.66. The Bertz CT molecular complexity index is 409. The highest BCUT2D eigenvalue weighted by molar-refractivity contribution is 5.84. The van der Waals surface area contributed by atoms with Gasteiger partial charge in [0.05, 0.1) is 13.3 Å². The van der Waals surface area contributed by atoms with Crippen LogP contribution in [0.5, 0.6) is 5.75 Å². The van der Waals surface area contributed by atoms with Crippen molar-refractivity contribution in [1.82, 2.24) is 5.32 Å². The summed E-state index contributed by atoms with van der Waals surface area (Å²) < 4.78 is 0. The molecule has 0 unspecified atom stereocenters. The van der Waals surface area contributed by atoms with Gasteiger partial charge in [0.1, 0.15) is 5.75 Å². The molecule has 100 valence electrons. The average molecular weight is 250 g/mol. The fraction of sp³-hybridized carbons (Fsp3) is 0.500. The first-order chi connectivity index (χ1) is 8.46. The van der Waals surface area contributed by atoms with Crippen molar-refractivity contribution in [2.75, 3.05) is 19.8 Å². The molecule has 0 saturated heterocycles. The van der Waals surface area contributed by atoms with Crippen LogP contribution in [0.25, 0.3) is 0 Å². The number of para-hydroxylation sites is 1. The Morgan fingerprint density at radius 3 is 2.67 bits per heavy atom. The number of nitrogens with one attached hydrogen (secondary N) is 1. The molecule has 1 rings (SSSR count). The second-order valence-corrected chi connectivity index (χ2v) is 5.19. The van der Waals surface area contributed by atoms with Gasteiger partial charge in [0.2, 0.25) is 0 Å². The number of phenolic OH excluding ortho intramolecular Hbond substituents is 1. The summed E-state index contributed by atoms with van der Waals surface area (Å²) >= 11 is 0. The predicted molar refractivity (Wildman–Crippen MR) is 74.4 cm³/mol. The minimum atomic E-state index is -0.0909. The van der Waals surface area contributed by atoms with Gasteiger partial charge >= 0.3 is 0 Å². The second kappa shape index (κ2) is 6.52. The van der Waals surface area contributed by atoms with Crippen molar-refractivity contribution in [1.29, 1.82) is 0 Å². The summed E-state index contributed by atoms with van der Waals surface area (Å²) in [5.74, 6) is 0.295. The summed E-state index contributed by atoms with van der Waals surface area (Å²) in [6.07, 6.45) is 1.67. The van der Waals surface area contributed by atoms with Crippen LogP contribution < -0.4 is 5.32 Å². The molecule has 0 aliphatic carbocycles. The Morgan fingerprint density at radius 2 is 2.06 bits per heavy atom. The van der Waals surface area contributed by atoms with E-state index in [1.165, 1.54) is 0 Å². The topological polar surface area (TPSA) is 64.9 Å². The molecule has 4 heteroatoms. The Hall–Kier alpha value is -1.39. The van der Waals surface area contributed by atoms with E-state index in [1.807, 2.05) is 18.2 Å². The van der Waals surface area contributed by atoms with Crippen LogP contribution in [0.15, 0.2) is 23.2 Å². The molecule has 0 amide bonds. The van der Waals surface area contributed by atoms with Crippen LogP contribution in [0, 0.1) is 0 Å². The van der Waals surface area contributed by atoms with Crippen molar-refractivity contribution in [3.8, 4) is 5.75 Å². The van der Waals surface area contributed by atoms with Crippen LogP contribution in [-0.2, 0) is 5.41 Å². The summed E-state index contributed by atoms with van der Waals surface area (Å²) in [6.45, 7) is 7.34. The second-order valence-electron chi connectivity index (χ2n) is 5.19. The molecule has 0 heterocycles. The van der Waals surface area contributed by atoms with Crippen molar-refractivity contribution < 1.29 is 10.2 Å². The van der Waals surface area contributed by atoms with Crippen LogP contribution in [-0.4, -0.2) is 36.2 Å². The van der Waals surface area contributed by atoms with Gasteiger partial charge in [-0.3, -0.25) is 10.3 Å². The molecule has 0 fully saturated rings. The van der Waals surface area contributed by atoms with Crippen LogP contribution >= 0.6 is 0 Å². The lowest BCUT2D eigenvalue weighted by atomic mass is 9.85. The quantitative estimate of drug-likeness (QED) is 0.423. The van der Waals surface area contributed by atoms with Crippen LogP contribution in [0.1, 0.15) is 31.9 Å². The van der Waals surface area contributed by atoms with E-state index >= 15 is 0 Å². The van der Waals surface area contributed by atoms with E-state index in [1.54, 1.807) is 6.21 Å². The molecule has 0 radical (unpaired) electrons. The number of benzene rings is 1. The van der Waals surface area contributed by atoms with Gasteiger partial charge in [0, 0.05) is 18.3 Å². The van der Waals surface area contributed by atoms with Crippen LogP contribution in [0.2, 0.25) is 0 Å². The van der Waals surface area contributed by atoms with Crippen molar-refractivity contribution >= 4 is 6.21 Å². The van der Waals surface area contributed by atoms with Gasteiger partial charge in [-0.15, -0.1) is 0 Å². The normalized spacial score (nSPS) is 12.2. The van der Waals surface area contributed by atoms with Crippen molar-refractivity contribution in [2.24, 2.45) is 4.99 Å². The number of aliphatic hydroxyl groups is 1. The van der Waals surface area contributed by atoms with E-state index in [2.05, 4.69) is 31.1 Å². The Morgan fingerprint density at radius 1 is 1.33 bits per heavy atom. The van der Waals surface area contributed by atoms with Gasteiger partial charge in [-0.1, -0.05) is 32.9 Å². The van der Waals surface area contributed by atoms with Gasteiger partial charge in [0.15, 0.2) is 0 Å². The standard InChI is InChI=1S/C14H22N2O2/c1-14(2,3)12-6-4-5-11(13(12)18)9-15-7-8-16-10-17/h4-6,9,16-18H,7-8,10H2,1-3H3. The number of aromatic hydroxyl groups is 1. The molecule has 4 nitrogen and oxygen atoms in total. The van der Waals surface area contributed by atoms with Crippen molar-refractivity contribution in [3.63, 3.8) is 0 Å². The van der Waals surface area contributed by atoms with E-state index < -0.39 is 0 Å². The van der Waals surface area contributed by atoms with Gasteiger partial charge in [-0.05, 0) is 17.0 Å². The minimum Gasteiger partial charge on any atom is -0.507 e. The summed E-state index contributed by atoms with van der Waals surface area (Å²) in [6, 6.07) is 5.70. The average Bonchev–Trinajstić information content (AvgIpc) is 2.29. The van der Waals surface area contributed by atoms with Gasteiger partial charge in [-0.2, -0.15) is 0 Å². The fourth-order valence-corrected chi connectivity index (χ4v) is 1.66. The zero-order valence-corrected chi connectivity index (χ0v) is 11.3.